The van der Waals surface area contributed by atoms with Crippen LogP contribution in [0.2, 0.25) is 0 Å². The van der Waals surface area contributed by atoms with Gasteiger partial charge >= 0.3 is 0 Å². The molecule has 0 atom stereocenters. The second kappa shape index (κ2) is 10.5. The van der Waals surface area contributed by atoms with Crippen molar-refractivity contribution in [2.75, 3.05) is 24.2 Å². The second-order valence-corrected chi connectivity index (χ2v) is 6.50. The Kier molecular flexibility index (Phi) is 7.95. The lowest BCUT2D eigenvalue weighted by Crippen LogP contribution is -2.32. The van der Waals surface area contributed by atoms with Gasteiger partial charge in [-0.15, -0.1) is 11.8 Å². The van der Waals surface area contributed by atoms with E-state index < -0.39 is 0 Å². The van der Waals surface area contributed by atoms with Crippen LogP contribution in [-0.4, -0.2) is 30.7 Å². The van der Waals surface area contributed by atoms with Crippen LogP contribution in [0.3, 0.4) is 0 Å². The normalized spacial score (nSPS) is 10.2. The summed E-state index contributed by atoms with van der Waals surface area (Å²) in [6.45, 7) is 2.39. The fourth-order valence-electron chi connectivity index (χ4n) is 2.07. The fraction of sp³-hybridized carbons (Fsp3) is 0.263. The Bertz CT molecular complexity index is 721. The van der Waals surface area contributed by atoms with Crippen molar-refractivity contribution in [2.24, 2.45) is 0 Å². The average molecular weight is 376 g/mol. The maximum atomic E-state index is 12.8. The van der Waals surface area contributed by atoms with Gasteiger partial charge in [-0.05, 0) is 55.5 Å². The highest BCUT2D eigenvalue weighted by molar-refractivity contribution is 7.99. The van der Waals surface area contributed by atoms with Crippen molar-refractivity contribution in [2.45, 2.75) is 18.2 Å². The van der Waals surface area contributed by atoms with Crippen molar-refractivity contribution in [1.82, 2.24) is 5.32 Å². The highest BCUT2D eigenvalue weighted by Crippen LogP contribution is 2.18. The van der Waals surface area contributed by atoms with E-state index in [1.807, 2.05) is 6.92 Å². The highest BCUT2D eigenvalue weighted by Gasteiger charge is 2.07. The van der Waals surface area contributed by atoms with Crippen molar-refractivity contribution in [1.29, 1.82) is 0 Å². The summed E-state index contributed by atoms with van der Waals surface area (Å²) in [5.74, 6) is 0.496. The smallest absolute Gasteiger partial charge is 0.243 e. The van der Waals surface area contributed by atoms with E-state index in [0.717, 1.165) is 10.6 Å². The lowest BCUT2D eigenvalue weighted by molar-refractivity contribution is -0.123. The van der Waals surface area contributed by atoms with E-state index >= 15 is 0 Å². The Balaban J connectivity index is 1.64. The van der Waals surface area contributed by atoms with Crippen LogP contribution >= 0.6 is 11.8 Å². The predicted octanol–water partition coefficient (Wildman–Crippen LogP) is 3.46. The summed E-state index contributed by atoms with van der Waals surface area (Å²) in [5, 5.41) is 5.28. The zero-order valence-corrected chi connectivity index (χ0v) is 15.3. The molecule has 0 radical (unpaired) electrons. The molecule has 26 heavy (non-hydrogen) atoms. The van der Waals surface area contributed by atoms with E-state index in [0.29, 0.717) is 18.0 Å². The van der Waals surface area contributed by atoms with E-state index in [-0.39, 0.29) is 30.6 Å². The number of halogens is 1. The summed E-state index contributed by atoms with van der Waals surface area (Å²) in [7, 11) is 0. The number of carbonyl (C=O) groups excluding carboxylic acids is 2. The molecule has 2 amide bonds. The zero-order valence-electron chi connectivity index (χ0n) is 14.5. The summed E-state index contributed by atoms with van der Waals surface area (Å²) in [6, 6.07) is 13.1. The standard InChI is InChI=1S/C19H21FN2O3S/c1-2-25-16-7-5-15(6-8-16)22-19(24)13-21-18(23)11-12-26-17-9-3-14(20)4-10-17/h3-10H,2,11-13H2,1H3,(H,21,23)(H,22,24). The van der Waals surface area contributed by atoms with Crippen molar-refractivity contribution in [3.05, 3.63) is 54.3 Å². The van der Waals surface area contributed by atoms with Gasteiger partial charge < -0.3 is 15.4 Å². The lowest BCUT2D eigenvalue weighted by atomic mass is 10.3. The molecule has 7 heteroatoms. The first kappa shape index (κ1) is 19.8. The molecule has 0 saturated carbocycles. The number of rotatable bonds is 9. The third-order valence-electron chi connectivity index (χ3n) is 3.31. The number of hydrogen-bond donors (Lipinski definition) is 2. The molecule has 0 unspecified atom stereocenters. The summed E-state index contributed by atoms with van der Waals surface area (Å²) in [6.07, 6.45) is 0.276. The number of thioether (sulfide) groups is 1. The first-order chi connectivity index (χ1) is 12.6. The molecule has 2 rings (SSSR count). The van der Waals surface area contributed by atoms with Gasteiger partial charge in [-0.2, -0.15) is 0 Å². The Hall–Kier alpha value is -2.54. The van der Waals surface area contributed by atoms with Crippen LogP contribution in [0.1, 0.15) is 13.3 Å². The van der Waals surface area contributed by atoms with Gasteiger partial charge in [0.1, 0.15) is 11.6 Å². The Labute approximate surface area is 156 Å². The maximum absolute atomic E-state index is 12.8. The molecular formula is C19H21FN2O3S. The van der Waals surface area contributed by atoms with Crippen LogP contribution in [0.15, 0.2) is 53.4 Å². The molecule has 0 aliphatic rings. The molecule has 2 N–H and O–H groups in total. The van der Waals surface area contributed by atoms with E-state index in [9.17, 15) is 14.0 Å². The SMILES string of the molecule is CCOc1ccc(NC(=O)CNC(=O)CCSc2ccc(F)cc2)cc1. The number of hydrogen-bond acceptors (Lipinski definition) is 4. The molecule has 0 bridgehead atoms. The largest absolute Gasteiger partial charge is 0.494 e. The van der Waals surface area contributed by atoms with Crippen molar-refractivity contribution in [3.8, 4) is 5.75 Å². The number of benzene rings is 2. The van der Waals surface area contributed by atoms with Gasteiger partial charge in [-0.3, -0.25) is 9.59 Å². The molecule has 138 valence electrons. The van der Waals surface area contributed by atoms with Crippen LogP contribution in [-0.2, 0) is 9.59 Å². The van der Waals surface area contributed by atoms with Gasteiger partial charge in [0.25, 0.3) is 0 Å². The minimum absolute atomic E-state index is 0.0900. The van der Waals surface area contributed by atoms with Crippen molar-refractivity contribution < 1.29 is 18.7 Å². The summed E-state index contributed by atoms with van der Waals surface area (Å²) >= 11 is 1.46. The van der Waals surface area contributed by atoms with Crippen molar-refractivity contribution in [3.63, 3.8) is 0 Å². The Morgan fingerprint density at radius 1 is 1.04 bits per heavy atom. The quantitative estimate of drug-likeness (QED) is 0.658. The molecular weight excluding hydrogens is 355 g/mol. The third-order valence-corrected chi connectivity index (χ3v) is 4.32. The Morgan fingerprint density at radius 2 is 1.73 bits per heavy atom. The minimum atomic E-state index is -0.298. The summed E-state index contributed by atoms with van der Waals surface area (Å²) in [4.78, 5) is 24.5. The predicted molar refractivity (Wildman–Crippen MR) is 101 cm³/mol. The monoisotopic (exact) mass is 376 g/mol. The third kappa shape index (κ3) is 7.14. The Morgan fingerprint density at radius 3 is 2.38 bits per heavy atom. The van der Waals surface area contributed by atoms with E-state index in [4.69, 9.17) is 4.74 Å². The van der Waals surface area contributed by atoms with Gasteiger partial charge in [0.15, 0.2) is 0 Å². The van der Waals surface area contributed by atoms with Gasteiger partial charge in [-0.1, -0.05) is 0 Å². The van der Waals surface area contributed by atoms with E-state index in [1.54, 1.807) is 36.4 Å². The second-order valence-electron chi connectivity index (χ2n) is 5.33. The average Bonchev–Trinajstić information content (AvgIpc) is 2.63. The number of ether oxygens (including phenoxy) is 1. The van der Waals surface area contributed by atoms with E-state index in [2.05, 4.69) is 10.6 Å². The van der Waals surface area contributed by atoms with Crippen LogP contribution in [0, 0.1) is 5.82 Å². The number of carbonyl (C=O) groups is 2. The fourth-order valence-corrected chi connectivity index (χ4v) is 2.92. The van der Waals surface area contributed by atoms with E-state index in [1.165, 1.54) is 23.9 Å². The first-order valence-electron chi connectivity index (χ1n) is 8.24. The van der Waals surface area contributed by atoms with Crippen LogP contribution in [0.4, 0.5) is 10.1 Å². The molecule has 0 spiro atoms. The van der Waals surface area contributed by atoms with Gasteiger partial charge in [0, 0.05) is 22.8 Å². The molecule has 0 aliphatic heterocycles. The van der Waals surface area contributed by atoms with Gasteiger partial charge in [0.05, 0.1) is 13.2 Å². The summed E-state index contributed by atoms with van der Waals surface area (Å²) in [5.41, 5.74) is 0.638. The molecule has 2 aromatic rings. The number of nitrogens with one attached hydrogen (secondary N) is 2. The van der Waals surface area contributed by atoms with Crippen LogP contribution in [0.25, 0.3) is 0 Å². The maximum Gasteiger partial charge on any atom is 0.243 e. The lowest BCUT2D eigenvalue weighted by Gasteiger charge is -2.08. The molecule has 0 heterocycles. The number of anilines is 1. The van der Waals surface area contributed by atoms with Crippen LogP contribution < -0.4 is 15.4 Å². The molecule has 0 aromatic heterocycles. The minimum Gasteiger partial charge on any atom is -0.494 e. The zero-order chi connectivity index (χ0) is 18.8. The molecule has 0 saturated heterocycles. The van der Waals surface area contributed by atoms with Crippen molar-refractivity contribution >= 4 is 29.3 Å². The molecule has 5 nitrogen and oxygen atoms in total. The van der Waals surface area contributed by atoms with Gasteiger partial charge in [0.2, 0.25) is 11.8 Å². The highest BCUT2D eigenvalue weighted by atomic mass is 32.2. The topological polar surface area (TPSA) is 67.4 Å². The molecule has 0 fully saturated rings. The van der Waals surface area contributed by atoms with Gasteiger partial charge in [-0.25, -0.2) is 4.39 Å². The molecule has 2 aromatic carbocycles. The van der Waals surface area contributed by atoms with Crippen LogP contribution in [0.5, 0.6) is 5.75 Å². The number of amides is 2. The first-order valence-corrected chi connectivity index (χ1v) is 9.23. The summed E-state index contributed by atoms with van der Waals surface area (Å²) < 4.78 is 18.1. The molecule has 0 aliphatic carbocycles.